The Balaban J connectivity index is 1.12. The Labute approximate surface area is 262 Å². The maximum atomic E-state index is 12.7. The van der Waals surface area contributed by atoms with E-state index in [2.05, 4.69) is 29.5 Å². The molecule has 1 saturated heterocycles. The number of aromatic nitrogens is 1. The maximum Gasteiger partial charge on any atom is 0.413 e. The zero-order chi connectivity index (χ0) is 31.6. The molecule has 2 aromatic carbocycles. The molecule has 5 rings (SSSR count). The molecule has 0 saturated carbocycles. The fraction of sp³-hybridized carbons (Fsp3) is 0.353. The molecule has 3 heterocycles. The molecule has 0 aliphatic carbocycles. The number of likely N-dealkylation sites (tertiary alicyclic amines) is 1. The smallest absolute Gasteiger partial charge is 0.413 e. The van der Waals surface area contributed by atoms with Gasteiger partial charge in [-0.2, -0.15) is 0 Å². The molecule has 3 amide bonds. The molecule has 1 unspecified atom stereocenters. The Bertz CT molecular complexity index is 1590. The van der Waals surface area contributed by atoms with Gasteiger partial charge in [0, 0.05) is 49.5 Å². The number of amides is 3. The summed E-state index contributed by atoms with van der Waals surface area (Å²) in [5.41, 5.74) is 3.87. The Kier molecular flexibility index (Phi) is 8.70. The van der Waals surface area contributed by atoms with Crippen LogP contribution in [-0.4, -0.2) is 52.6 Å². The molecule has 230 valence electrons. The van der Waals surface area contributed by atoms with Crippen LogP contribution in [0.5, 0.6) is 5.75 Å². The number of rotatable bonds is 7. The number of halogens is 1. The van der Waals surface area contributed by atoms with Crippen molar-refractivity contribution in [1.82, 2.24) is 15.2 Å². The van der Waals surface area contributed by atoms with Crippen molar-refractivity contribution in [2.75, 3.05) is 18.4 Å². The molecule has 2 N–H and O–H groups in total. The minimum Gasteiger partial charge on any atom is -0.484 e. The normalized spacial score (nSPS) is 17.0. The zero-order valence-electron chi connectivity index (χ0n) is 25.6. The van der Waals surface area contributed by atoms with Crippen molar-refractivity contribution in [2.24, 2.45) is 5.41 Å². The average Bonchev–Trinajstić information content (AvgIpc) is 3.37. The first kappa shape index (κ1) is 31.1. The number of fused-ring (bicyclic) bond motifs is 1. The SMILES string of the molecule is CC1(C)CN(C(=O)c2ccc(-c3cc(Cl)c4c(c3)CC(C=CC(=O)NCc3ccc(NC(=O)OC(C)(C)C)nc3)O4)cc2)C1. The molecule has 1 fully saturated rings. The molecule has 44 heavy (non-hydrogen) atoms. The number of pyridine rings is 1. The van der Waals surface area contributed by atoms with Crippen LogP contribution in [0.15, 0.2) is 66.9 Å². The highest BCUT2D eigenvalue weighted by atomic mass is 35.5. The summed E-state index contributed by atoms with van der Waals surface area (Å²) >= 11 is 6.59. The third-order valence-corrected chi connectivity index (χ3v) is 7.46. The first-order valence-corrected chi connectivity index (χ1v) is 14.9. The lowest BCUT2D eigenvalue weighted by Crippen LogP contribution is -2.55. The van der Waals surface area contributed by atoms with Crippen molar-refractivity contribution < 1.29 is 23.9 Å². The molecule has 1 atom stereocenters. The number of nitrogens with zero attached hydrogens (tertiary/aromatic N) is 2. The quantitative estimate of drug-likeness (QED) is 0.297. The number of ether oxygens (including phenoxy) is 2. The van der Waals surface area contributed by atoms with Crippen LogP contribution in [0.4, 0.5) is 10.6 Å². The van der Waals surface area contributed by atoms with Crippen molar-refractivity contribution in [3.63, 3.8) is 0 Å². The summed E-state index contributed by atoms with van der Waals surface area (Å²) in [6, 6.07) is 14.9. The first-order valence-electron chi connectivity index (χ1n) is 14.5. The molecular weight excluding hydrogens is 580 g/mol. The van der Waals surface area contributed by atoms with E-state index in [1.165, 1.54) is 6.08 Å². The minimum atomic E-state index is -0.606. The number of anilines is 1. The fourth-order valence-electron chi connectivity index (χ4n) is 5.19. The van der Waals surface area contributed by atoms with Gasteiger partial charge in [0.15, 0.2) is 0 Å². The van der Waals surface area contributed by atoms with Crippen LogP contribution in [0.3, 0.4) is 0 Å². The molecule has 0 spiro atoms. The Morgan fingerprint density at radius 3 is 2.45 bits per heavy atom. The van der Waals surface area contributed by atoms with Gasteiger partial charge in [-0.15, -0.1) is 0 Å². The van der Waals surface area contributed by atoms with E-state index in [0.29, 0.717) is 28.6 Å². The Morgan fingerprint density at radius 1 is 1.09 bits per heavy atom. The second kappa shape index (κ2) is 12.3. The van der Waals surface area contributed by atoms with E-state index in [4.69, 9.17) is 21.1 Å². The van der Waals surface area contributed by atoms with Crippen LogP contribution >= 0.6 is 11.6 Å². The Morgan fingerprint density at radius 2 is 1.82 bits per heavy atom. The summed E-state index contributed by atoms with van der Waals surface area (Å²) in [4.78, 5) is 43.2. The number of carbonyl (C=O) groups excluding carboxylic acids is 3. The van der Waals surface area contributed by atoms with Crippen LogP contribution in [-0.2, 0) is 22.5 Å². The minimum absolute atomic E-state index is 0.0529. The van der Waals surface area contributed by atoms with Gasteiger partial charge in [-0.1, -0.05) is 43.6 Å². The van der Waals surface area contributed by atoms with Crippen LogP contribution in [0, 0.1) is 5.41 Å². The van der Waals surface area contributed by atoms with Gasteiger partial charge in [0.1, 0.15) is 23.3 Å². The van der Waals surface area contributed by atoms with Crippen LogP contribution in [0.25, 0.3) is 11.1 Å². The fourth-order valence-corrected chi connectivity index (χ4v) is 5.47. The number of nitrogens with one attached hydrogen (secondary N) is 2. The zero-order valence-corrected chi connectivity index (χ0v) is 26.3. The predicted molar refractivity (Wildman–Crippen MR) is 170 cm³/mol. The van der Waals surface area contributed by atoms with Crippen molar-refractivity contribution in [1.29, 1.82) is 0 Å². The molecule has 0 bridgehead atoms. The van der Waals surface area contributed by atoms with Crippen molar-refractivity contribution >= 4 is 35.3 Å². The largest absolute Gasteiger partial charge is 0.484 e. The van der Waals surface area contributed by atoms with Crippen LogP contribution < -0.4 is 15.4 Å². The molecule has 9 nitrogen and oxygen atoms in total. The number of benzene rings is 2. The number of carbonyl (C=O) groups is 3. The van der Waals surface area contributed by atoms with E-state index in [1.807, 2.05) is 41.3 Å². The summed E-state index contributed by atoms with van der Waals surface area (Å²) in [7, 11) is 0. The summed E-state index contributed by atoms with van der Waals surface area (Å²) in [6.07, 6.45) is 4.40. The number of hydrogen-bond donors (Lipinski definition) is 2. The highest BCUT2D eigenvalue weighted by molar-refractivity contribution is 6.32. The summed E-state index contributed by atoms with van der Waals surface area (Å²) < 4.78 is 11.2. The summed E-state index contributed by atoms with van der Waals surface area (Å²) in [6.45, 7) is 11.5. The topological polar surface area (TPSA) is 110 Å². The lowest BCUT2D eigenvalue weighted by Gasteiger charge is -2.45. The van der Waals surface area contributed by atoms with Gasteiger partial charge in [-0.25, -0.2) is 9.78 Å². The third-order valence-electron chi connectivity index (χ3n) is 7.18. The van der Waals surface area contributed by atoms with E-state index in [0.717, 1.165) is 35.3 Å². The molecular formula is C34H37ClN4O5. The molecule has 2 aliphatic heterocycles. The molecule has 2 aliphatic rings. The van der Waals surface area contributed by atoms with E-state index >= 15 is 0 Å². The Hall–Kier alpha value is -4.37. The summed E-state index contributed by atoms with van der Waals surface area (Å²) in [5.74, 6) is 0.747. The van der Waals surface area contributed by atoms with Crippen molar-refractivity contribution in [3.05, 3.63) is 88.6 Å². The van der Waals surface area contributed by atoms with Crippen molar-refractivity contribution in [3.8, 4) is 16.9 Å². The number of hydrogen-bond acceptors (Lipinski definition) is 6. The molecule has 10 heteroatoms. The monoisotopic (exact) mass is 616 g/mol. The van der Waals surface area contributed by atoms with Gasteiger partial charge < -0.3 is 19.7 Å². The van der Waals surface area contributed by atoms with E-state index < -0.39 is 11.7 Å². The second-order valence-corrected chi connectivity index (χ2v) is 13.4. The van der Waals surface area contributed by atoms with E-state index in [-0.39, 0.29) is 29.9 Å². The highest BCUT2D eigenvalue weighted by Gasteiger charge is 2.37. The van der Waals surface area contributed by atoms with Gasteiger partial charge in [-0.05, 0) is 79.3 Å². The van der Waals surface area contributed by atoms with Crippen molar-refractivity contribution in [2.45, 2.75) is 59.3 Å². The standard InChI is InChI=1S/C34H37ClN4O5/c1-33(2,3)44-32(42)38-28-12-6-21(17-36-28)18-37-29(40)13-11-26-15-25-14-24(16-27(35)30(25)43-26)22-7-9-23(10-8-22)31(41)39-19-34(4,5)20-39/h6-14,16-17,26H,15,18-20H2,1-5H3,(H,37,40)(H,36,38,42). The van der Waals surface area contributed by atoms with Crippen LogP contribution in [0.1, 0.15) is 56.1 Å². The first-order chi connectivity index (χ1) is 20.7. The van der Waals surface area contributed by atoms with Gasteiger partial charge in [0.05, 0.1) is 5.02 Å². The van der Waals surface area contributed by atoms with Gasteiger partial charge in [0.2, 0.25) is 5.91 Å². The molecule has 1 aromatic heterocycles. The van der Waals surface area contributed by atoms with E-state index in [9.17, 15) is 14.4 Å². The lowest BCUT2D eigenvalue weighted by molar-refractivity contribution is -0.116. The van der Waals surface area contributed by atoms with Gasteiger partial charge in [0.25, 0.3) is 5.91 Å². The highest BCUT2D eigenvalue weighted by Crippen LogP contribution is 2.40. The predicted octanol–water partition coefficient (Wildman–Crippen LogP) is 6.41. The van der Waals surface area contributed by atoms with E-state index in [1.54, 1.807) is 45.2 Å². The van der Waals surface area contributed by atoms with Gasteiger partial charge in [-0.3, -0.25) is 14.9 Å². The second-order valence-electron chi connectivity index (χ2n) is 13.0. The average molecular weight is 617 g/mol. The van der Waals surface area contributed by atoms with Gasteiger partial charge >= 0.3 is 6.09 Å². The van der Waals surface area contributed by atoms with Crippen LogP contribution in [0.2, 0.25) is 5.02 Å². The molecule has 3 aromatic rings. The molecule has 0 radical (unpaired) electrons. The third kappa shape index (κ3) is 7.77. The lowest BCUT2D eigenvalue weighted by atomic mass is 9.84. The maximum absolute atomic E-state index is 12.7. The summed E-state index contributed by atoms with van der Waals surface area (Å²) in [5, 5.41) is 5.89.